The predicted octanol–water partition coefficient (Wildman–Crippen LogP) is 2.12. The molecule has 1 heterocycles. The van der Waals surface area contributed by atoms with Gasteiger partial charge in [-0.25, -0.2) is 4.79 Å². The summed E-state index contributed by atoms with van der Waals surface area (Å²) in [6.07, 6.45) is 1.54. The van der Waals surface area contributed by atoms with Gasteiger partial charge < -0.3 is 24.7 Å². The third kappa shape index (κ3) is 5.50. The quantitative estimate of drug-likeness (QED) is 0.371. The fourth-order valence-corrected chi connectivity index (χ4v) is 1.93. The molecule has 0 radical (unpaired) electrons. The van der Waals surface area contributed by atoms with Gasteiger partial charge in [0, 0.05) is 0 Å². The number of rotatable bonds is 8. The molecule has 0 bridgehead atoms. The monoisotopic (exact) mass is 363 g/mol. The molecule has 4 N–H and O–H groups in total. The number of furan rings is 1. The van der Waals surface area contributed by atoms with Crippen LogP contribution in [0.2, 0.25) is 0 Å². The molecule has 0 aliphatic carbocycles. The van der Waals surface area contributed by atoms with E-state index in [1.165, 1.54) is 12.3 Å². The maximum atomic E-state index is 10.8. The lowest BCUT2D eigenvalue weighted by Crippen LogP contribution is -2.23. The van der Waals surface area contributed by atoms with Crippen molar-refractivity contribution < 1.29 is 23.8 Å². The first kappa shape index (κ1) is 18.3. The van der Waals surface area contributed by atoms with E-state index in [0.29, 0.717) is 23.9 Å². The Morgan fingerprint density at radius 2 is 2.16 bits per heavy atom. The zero-order valence-corrected chi connectivity index (χ0v) is 14.2. The summed E-state index contributed by atoms with van der Waals surface area (Å²) in [4.78, 5) is 10.8. The van der Waals surface area contributed by atoms with Gasteiger partial charge in [-0.3, -0.25) is 5.43 Å². The van der Waals surface area contributed by atoms with Crippen LogP contribution in [0.5, 0.6) is 11.5 Å². The summed E-state index contributed by atoms with van der Waals surface area (Å²) < 4.78 is 16.4. The van der Waals surface area contributed by atoms with E-state index in [0.717, 1.165) is 5.56 Å². The first-order valence-electron chi connectivity index (χ1n) is 7.29. The zero-order chi connectivity index (χ0) is 18.2. The maximum Gasteiger partial charge on any atom is 0.371 e. The molecule has 0 fully saturated rings. The fraction of sp³-hybridized carbons (Fsp3) is 0.188. The van der Waals surface area contributed by atoms with Crippen LogP contribution < -0.4 is 20.6 Å². The molecule has 2 aromatic rings. The highest BCUT2D eigenvalue weighted by Gasteiger charge is 2.11. The Labute approximate surface area is 149 Å². The van der Waals surface area contributed by atoms with Crippen LogP contribution in [0.3, 0.4) is 0 Å². The van der Waals surface area contributed by atoms with Crippen LogP contribution in [0, 0.1) is 0 Å². The number of carboxylic acid groups (broad SMARTS) is 1. The second kappa shape index (κ2) is 8.69. The molecule has 2 rings (SSSR count). The van der Waals surface area contributed by atoms with E-state index >= 15 is 0 Å². The van der Waals surface area contributed by atoms with Gasteiger partial charge >= 0.3 is 5.97 Å². The summed E-state index contributed by atoms with van der Waals surface area (Å²) in [6.45, 7) is 2.38. The number of carbonyl (C=O) groups is 1. The zero-order valence-electron chi connectivity index (χ0n) is 13.4. The summed E-state index contributed by atoms with van der Waals surface area (Å²) in [7, 11) is 0. The van der Waals surface area contributed by atoms with Crippen LogP contribution in [0.4, 0.5) is 0 Å². The second-order valence-corrected chi connectivity index (χ2v) is 5.17. The molecule has 0 aliphatic rings. The highest BCUT2D eigenvalue weighted by Crippen LogP contribution is 2.29. The molecule has 0 aliphatic heterocycles. The van der Waals surface area contributed by atoms with Gasteiger partial charge in [-0.15, -0.1) is 0 Å². The van der Waals surface area contributed by atoms with Crippen molar-refractivity contribution in [1.29, 1.82) is 0 Å². The Bertz CT molecular complexity index is 788. The van der Waals surface area contributed by atoms with Crippen molar-refractivity contribution in [2.24, 2.45) is 10.8 Å². The maximum absolute atomic E-state index is 10.8. The molecular weight excluding hydrogens is 346 g/mol. The van der Waals surface area contributed by atoms with Gasteiger partial charge in [-0.2, -0.15) is 5.10 Å². The number of nitrogens with two attached hydrogens (primary N) is 1. The van der Waals surface area contributed by atoms with Gasteiger partial charge in [-0.05, 0) is 55.0 Å². The largest absolute Gasteiger partial charge is 0.490 e. The number of carboxylic acids is 1. The van der Waals surface area contributed by atoms with Crippen molar-refractivity contribution in [3.05, 3.63) is 47.4 Å². The predicted molar refractivity (Wildman–Crippen MR) is 95.1 cm³/mol. The molecule has 25 heavy (non-hydrogen) atoms. The standard InChI is InChI=1S/C16H17N3O5S/c1-2-22-14-7-10(8-18-19-16(17)25)3-5-12(14)23-9-11-4-6-13(24-11)15(20)21/h3-8H,2,9H2,1H3,(H,20,21)(H3,17,19,25). The topological polar surface area (TPSA) is 119 Å². The van der Waals surface area contributed by atoms with Crippen LogP contribution in [0.25, 0.3) is 0 Å². The Morgan fingerprint density at radius 3 is 2.80 bits per heavy atom. The van der Waals surface area contributed by atoms with E-state index in [9.17, 15) is 4.79 Å². The number of benzene rings is 1. The molecule has 9 heteroatoms. The van der Waals surface area contributed by atoms with Crippen molar-refractivity contribution in [1.82, 2.24) is 5.43 Å². The molecule has 0 atom stereocenters. The van der Waals surface area contributed by atoms with Crippen molar-refractivity contribution in [2.45, 2.75) is 13.5 Å². The molecule has 8 nitrogen and oxygen atoms in total. The summed E-state index contributed by atoms with van der Waals surface area (Å²) in [6, 6.07) is 8.15. The highest BCUT2D eigenvalue weighted by molar-refractivity contribution is 7.80. The van der Waals surface area contributed by atoms with Gasteiger partial charge in [0.1, 0.15) is 12.4 Å². The lowest BCUT2D eigenvalue weighted by atomic mass is 10.2. The van der Waals surface area contributed by atoms with Gasteiger partial charge in [0.05, 0.1) is 12.8 Å². The van der Waals surface area contributed by atoms with Gasteiger partial charge in [0.15, 0.2) is 16.6 Å². The highest BCUT2D eigenvalue weighted by atomic mass is 32.1. The van der Waals surface area contributed by atoms with E-state index in [-0.39, 0.29) is 17.5 Å². The summed E-state index contributed by atoms with van der Waals surface area (Å²) in [5.41, 5.74) is 8.51. The van der Waals surface area contributed by atoms with Gasteiger partial charge in [0.2, 0.25) is 5.76 Å². The number of nitrogens with one attached hydrogen (secondary N) is 1. The van der Waals surface area contributed by atoms with E-state index in [1.54, 1.807) is 24.3 Å². The second-order valence-electron chi connectivity index (χ2n) is 4.73. The van der Waals surface area contributed by atoms with Crippen LogP contribution in [0.1, 0.15) is 28.8 Å². The first-order valence-corrected chi connectivity index (χ1v) is 7.70. The molecule has 1 aromatic carbocycles. The van der Waals surface area contributed by atoms with E-state index in [4.69, 9.17) is 24.7 Å². The van der Waals surface area contributed by atoms with Crippen molar-refractivity contribution in [3.8, 4) is 11.5 Å². The number of hydrogen-bond donors (Lipinski definition) is 3. The van der Waals surface area contributed by atoms with Crippen LogP contribution in [0.15, 0.2) is 39.9 Å². The van der Waals surface area contributed by atoms with E-state index < -0.39 is 5.97 Å². The normalized spacial score (nSPS) is 10.6. The Balaban J connectivity index is 2.09. The fourth-order valence-electron chi connectivity index (χ4n) is 1.88. The van der Waals surface area contributed by atoms with Crippen LogP contribution in [-0.2, 0) is 6.61 Å². The SMILES string of the molecule is CCOc1cc(C=NNC(N)=S)ccc1OCc1ccc(C(=O)O)o1. The Kier molecular flexibility index (Phi) is 6.35. The van der Waals surface area contributed by atoms with Crippen molar-refractivity contribution in [2.75, 3.05) is 6.61 Å². The third-order valence-electron chi connectivity index (χ3n) is 2.90. The summed E-state index contributed by atoms with van der Waals surface area (Å²) in [5.74, 6) is 0.142. The van der Waals surface area contributed by atoms with E-state index in [1.807, 2.05) is 6.92 Å². The Hall–Kier alpha value is -3.07. The van der Waals surface area contributed by atoms with Gasteiger partial charge in [-0.1, -0.05) is 0 Å². The third-order valence-corrected chi connectivity index (χ3v) is 2.99. The van der Waals surface area contributed by atoms with Gasteiger partial charge in [0.25, 0.3) is 0 Å². The van der Waals surface area contributed by atoms with Crippen molar-refractivity contribution >= 4 is 29.5 Å². The minimum absolute atomic E-state index is 0.0698. The Morgan fingerprint density at radius 1 is 1.36 bits per heavy atom. The number of nitrogens with zero attached hydrogens (tertiary/aromatic N) is 1. The number of hydrogen-bond acceptors (Lipinski definition) is 6. The number of hydrazone groups is 1. The van der Waals surface area contributed by atoms with Crippen LogP contribution in [-0.4, -0.2) is 29.0 Å². The molecule has 132 valence electrons. The van der Waals surface area contributed by atoms with Crippen LogP contribution >= 0.6 is 12.2 Å². The first-order chi connectivity index (χ1) is 12.0. The summed E-state index contributed by atoms with van der Waals surface area (Å²) >= 11 is 4.66. The number of ether oxygens (including phenoxy) is 2. The molecule has 0 saturated carbocycles. The van der Waals surface area contributed by atoms with E-state index in [2.05, 4.69) is 22.7 Å². The average Bonchev–Trinajstić information content (AvgIpc) is 3.03. The average molecular weight is 363 g/mol. The summed E-state index contributed by atoms with van der Waals surface area (Å²) in [5, 5.41) is 12.8. The number of thiocarbonyl (C=S) groups is 1. The number of aromatic carboxylic acids is 1. The lowest BCUT2D eigenvalue weighted by Gasteiger charge is -2.11. The minimum atomic E-state index is -1.13. The molecule has 0 unspecified atom stereocenters. The van der Waals surface area contributed by atoms with Crippen molar-refractivity contribution in [3.63, 3.8) is 0 Å². The molecule has 0 spiro atoms. The lowest BCUT2D eigenvalue weighted by molar-refractivity contribution is 0.0658. The molecular formula is C16H17N3O5S. The smallest absolute Gasteiger partial charge is 0.371 e. The molecule has 0 amide bonds. The molecule has 0 saturated heterocycles. The molecule has 1 aromatic heterocycles. The minimum Gasteiger partial charge on any atom is -0.490 e.